The Labute approximate surface area is 205 Å². The predicted molar refractivity (Wildman–Crippen MR) is 132 cm³/mol. The number of anilines is 1. The zero-order valence-corrected chi connectivity index (χ0v) is 20.5. The van der Waals surface area contributed by atoms with E-state index in [0.29, 0.717) is 38.0 Å². The van der Waals surface area contributed by atoms with Gasteiger partial charge in [0.15, 0.2) is 10.9 Å². The molecule has 0 atom stereocenters. The van der Waals surface area contributed by atoms with E-state index in [1.54, 1.807) is 35.0 Å². The largest absolute Gasteiger partial charge is 0.321 e. The fraction of sp³-hybridized carbons (Fsp3) is 0.174. The van der Waals surface area contributed by atoms with Gasteiger partial charge in [0.2, 0.25) is 0 Å². The Kier molecular flexibility index (Phi) is 6.97. The van der Waals surface area contributed by atoms with Crippen molar-refractivity contribution in [1.29, 1.82) is 0 Å². The number of halogens is 2. The van der Waals surface area contributed by atoms with Crippen molar-refractivity contribution in [3.63, 3.8) is 0 Å². The van der Waals surface area contributed by atoms with Gasteiger partial charge in [-0.3, -0.25) is 4.79 Å². The van der Waals surface area contributed by atoms with Crippen LogP contribution in [0.25, 0.3) is 5.69 Å². The van der Waals surface area contributed by atoms with E-state index in [-0.39, 0.29) is 11.6 Å². The van der Waals surface area contributed by atoms with E-state index in [4.69, 9.17) is 23.2 Å². The van der Waals surface area contributed by atoms with E-state index in [1.165, 1.54) is 11.8 Å². The maximum Gasteiger partial charge on any atom is 0.278 e. The predicted octanol–water partition coefficient (Wildman–Crippen LogP) is 5.83. The smallest absolute Gasteiger partial charge is 0.278 e. The molecule has 0 bridgehead atoms. The number of benzene rings is 2. The highest BCUT2D eigenvalue weighted by atomic mass is 35.5. The monoisotopic (exact) mass is 498 g/mol. The van der Waals surface area contributed by atoms with Crippen molar-refractivity contribution in [1.82, 2.24) is 25.0 Å². The van der Waals surface area contributed by atoms with Gasteiger partial charge in [0.1, 0.15) is 0 Å². The van der Waals surface area contributed by atoms with E-state index in [1.807, 2.05) is 39.0 Å². The maximum absolute atomic E-state index is 13.1. The van der Waals surface area contributed by atoms with Crippen LogP contribution in [0, 0.1) is 20.8 Å². The van der Waals surface area contributed by atoms with Gasteiger partial charge >= 0.3 is 0 Å². The Morgan fingerprint density at radius 1 is 1.00 bits per heavy atom. The molecule has 2 aromatic carbocycles. The van der Waals surface area contributed by atoms with Crippen LogP contribution < -0.4 is 5.32 Å². The van der Waals surface area contributed by atoms with Crippen molar-refractivity contribution >= 4 is 46.6 Å². The summed E-state index contributed by atoms with van der Waals surface area (Å²) in [6.07, 6.45) is 0. The van der Waals surface area contributed by atoms with E-state index in [9.17, 15) is 4.79 Å². The second-order valence-corrected chi connectivity index (χ2v) is 9.20. The molecule has 0 saturated heterocycles. The van der Waals surface area contributed by atoms with Crippen molar-refractivity contribution in [2.45, 2.75) is 31.7 Å². The number of hydrogen-bond acceptors (Lipinski definition) is 6. The standard InChI is InChI=1S/C23H20Cl2N6OS/c1-13-4-9-18(11-19(13)25)31-20(12-33-23-26-14(2)10-15(3)27-23)21(29-30-31)22(32)28-17-7-5-16(24)6-8-17/h4-11H,12H2,1-3H3,(H,28,32). The molecule has 2 aromatic heterocycles. The van der Waals surface area contributed by atoms with Crippen molar-refractivity contribution < 1.29 is 4.79 Å². The lowest BCUT2D eigenvalue weighted by Gasteiger charge is -2.10. The highest BCUT2D eigenvalue weighted by Gasteiger charge is 2.22. The number of carbonyl (C=O) groups excluding carboxylic acids is 1. The summed E-state index contributed by atoms with van der Waals surface area (Å²) in [5.41, 5.74) is 4.83. The number of rotatable bonds is 6. The van der Waals surface area contributed by atoms with Crippen molar-refractivity contribution in [3.8, 4) is 5.69 Å². The van der Waals surface area contributed by atoms with Crippen LogP contribution in [0.15, 0.2) is 53.7 Å². The third-order valence-electron chi connectivity index (χ3n) is 4.78. The fourth-order valence-electron chi connectivity index (χ4n) is 3.14. The lowest BCUT2D eigenvalue weighted by molar-refractivity contribution is 0.102. The SMILES string of the molecule is Cc1cc(C)nc(SCc2c(C(=O)Nc3ccc(Cl)cc3)nnn2-c2ccc(C)c(Cl)c2)n1. The molecule has 0 saturated carbocycles. The molecule has 10 heteroatoms. The molecule has 2 heterocycles. The average molecular weight is 499 g/mol. The van der Waals surface area contributed by atoms with Crippen LogP contribution >= 0.6 is 35.0 Å². The van der Waals surface area contributed by atoms with E-state index < -0.39 is 0 Å². The lowest BCUT2D eigenvalue weighted by atomic mass is 10.2. The van der Waals surface area contributed by atoms with Crippen LogP contribution in [0.2, 0.25) is 10.0 Å². The van der Waals surface area contributed by atoms with Gasteiger partial charge in [-0.25, -0.2) is 14.6 Å². The van der Waals surface area contributed by atoms with Crippen LogP contribution in [0.3, 0.4) is 0 Å². The summed E-state index contributed by atoms with van der Waals surface area (Å²) < 4.78 is 1.62. The van der Waals surface area contributed by atoms with Gasteiger partial charge in [-0.05, 0) is 68.8 Å². The molecule has 0 aliphatic carbocycles. The topological polar surface area (TPSA) is 85.6 Å². The number of nitrogens with one attached hydrogen (secondary N) is 1. The van der Waals surface area contributed by atoms with Crippen LogP contribution in [0.4, 0.5) is 5.69 Å². The Morgan fingerprint density at radius 2 is 1.70 bits per heavy atom. The third-order valence-corrected chi connectivity index (χ3v) is 6.30. The second kappa shape index (κ2) is 9.91. The third kappa shape index (κ3) is 5.52. The summed E-state index contributed by atoms with van der Waals surface area (Å²) in [5, 5.41) is 13.1. The van der Waals surface area contributed by atoms with Gasteiger partial charge in [0, 0.05) is 32.9 Å². The molecular weight excluding hydrogens is 479 g/mol. The number of aryl methyl sites for hydroxylation is 3. The summed E-state index contributed by atoms with van der Waals surface area (Å²) in [6, 6.07) is 14.4. The Morgan fingerprint density at radius 3 is 2.36 bits per heavy atom. The molecule has 4 aromatic rings. The molecule has 33 heavy (non-hydrogen) atoms. The van der Waals surface area contributed by atoms with E-state index in [2.05, 4.69) is 25.6 Å². The van der Waals surface area contributed by atoms with Crippen molar-refractivity contribution in [2.75, 3.05) is 5.32 Å². The van der Waals surface area contributed by atoms with Gasteiger partial charge < -0.3 is 5.32 Å². The van der Waals surface area contributed by atoms with Gasteiger partial charge in [-0.2, -0.15) is 0 Å². The fourth-order valence-corrected chi connectivity index (χ4v) is 4.39. The summed E-state index contributed by atoms with van der Waals surface area (Å²) >= 11 is 13.7. The first-order valence-electron chi connectivity index (χ1n) is 10.0. The Bertz CT molecular complexity index is 1300. The molecular formula is C23H20Cl2N6OS. The summed E-state index contributed by atoms with van der Waals surface area (Å²) in [5.74, 6) is 0.00354. The molecule has 0 radical (unpaired) electrons. The van der Waals surface area contributed by atoms with Gasteiger partial charge in [-0.15, -0.1) is 5.10 Å². The zero-order valence-electron chi connectivity index (χ0n) is 18.1. The number of carbonyl (C=O) groups is 1. The van der Waals surface area contributed by atoms with Crippen LogP contribution in [-0.4, -0.2) is 30.9 Å². The molecule has 4 rings (SSSR count). The minimum absolute atomic E-state index is 0.207. The first-order valence-corrected chi connectivity index (χ1v) is 11.8. The Balaban J connectivity index is 1.69. The summed E-state index contributed by atoms with van der Waals surface area (Å²) in [7, 11) is 0. The van der Waals surface area contributed by atoms with Crippen LogP contribution in [0.1, 0.15) is 33.1 Å². The number of thioether (sulfide) groups is 1. The summed E-state index contributed by atoms with van der Waals surface area (Å²) in [6.45, 7) is 5.76. The normalized spacial score (nSPS) is 10.9. The second-order valence-electron chi connectivity index (χ2n) is 7.41. The minimum atomic E-state index is -0.376. The minimum Gasteiger partial charge on any atom is -0.321 e. The van der Waals surface area contributed by atoms with Crippen molar-refractivity contribution in [2.24, 2.45) is 0 Å². The number of nitrogens with zero attached hydrogens (tertiary/aromatic N) is 5. The molecule has 0 aliphatic rings. The van der Waals surface area contributed by atoms with Gasteiger partial charge in [0.25, 0.3) is 5.91 Å². The zero-order chi connectivity index (χ0) is 23.5. The molecule has 1 amide bonds. The molecule has 0 aliphatic heterocycles. The highest BCUT2D eigenvalue weighted by Crippen LogP contribution is 2.26. The molecule has 7 nitrogen and oxygen atoms in total. The van der Waals surface area contributed by atoms with Crippen molar-refractivity contribution in [3.05, 3.63) is 86.9 Å². The van der Waals surface area contributed by atoms with E-state index in [0.717, 1.165) is 17.0 Å². The van der Waals surface area contributed by atoms with Crippen LogP contribution in [0.5, 0.6) is 0 Å². The first-order chi connectivity index (χ1) is 15.8. The molecule has 0 fully saturated rings. The molecule has 168 valence electrons. The average Bonchev–Trinajstić information content (AvgIpc) is 3.19. The number of amides is 1. The van der Waals surface area contributed by atoms with Gasteiger partial charge in [-0.1, -0.05) is 46.2 Å². The molecule has 1 N–H and O–H groups in total. The highest BCUT2D eigenvalue weighted by molar-refractivity contribution is 7.98. The molecule has 0 spiro atoms. The Hall–Kier alpha value is -2.94. The number of aromatic nitrogens is 5. The van der Waals surface area contributed by atoms with Gasteiger partial charge in [0.05, 0.1) is 11.4 Å². The van der Waals surface area contributed by atoms with E-state index >= 15 is 0 Å². The number of hydrogen-bond donors (Lipinski definition) is 1. The first kappa shape index (κ1) is 23.2. The maximum atomic E-state index is 13.1. The lowest BCUT2D eigenvalue weighted by Crippen LogP contribution is -2.15. The van der Waals surface area contributed by atoms with Crippen LogP contribution in [-0.2, 0) is 5.75 Å². The summed E-state index contributed by atoms with van der Waals surface area (Å²) in [4.78, 5) is 22.0. The quantitative estimate of drug-likeness (QED) is 0.265. The molecule has 0 unspecified atom stereocenters.